The minimum Gasteiger partial charge on any atom is -0.368 e. The van der Waals surface area contributed by atoms with Crippen molar-refractivity contribution in [2.24, 2.45) is 0 Å². The molecule has 2 fully saturated rings. The molecule has 2 aliphatic rings. The van der Waals surface area contributed by atoms with E-state index in [1.54, 1.807) is 0 Å². The van der Waals surface area contributed by atoms with Crippen molar-refractivity contribution in [3.8, 4) is 0 Å². The molecule has 0 radical (unpaired) electrons. The molecule has 1 aliphatic heterocycles. The zero-order valence-electron chi connectivity index (χ0n) is 10.3. The summed E-state index contributed by atoms with van der Waals surface area (Å²) in [4.78, 5) is 10.1. The molecule has 1 aromatic rings. The first kappa shape index (κ1) is 12.7. The number of halogens is 1. The summed E-state index contributed by atoms with van der Waals surface area (Å²) in [6, 6.07) is 0. The van der Waals surface area contributed by atoms with E-state index in [-0.39, 0.29) is 6.10 Å². The van der Waals surface area contributed by atoms with Crippen LogP contribution in [0.1, 0.15) is 36.4 Å². The molecule has 1 unspecified atom stereocenters. The van der Waals surface area contributed by atoms with Crippen molar-refractivity contribution < 1.29 is 4.74 Å². The van der Waals surface area contributed by atoms with Crippen molar-refractivity contribution in [3.05, 3.63) is 20.6 Å². The second kappa shape index (κ2) is 5.00. The van der Waals surface area contributed by atoms with E-state index in [0.29, 0.717) is 10.6 Å². The number of aromatic nitrogens is 2. The van der Waals surface area contributed by atoms with Crippen LogP contribution < -0.4 is 0 Å². The third-order valence-corrected chi connectivity index (χ3v) is 4.83. The van der Waals surface area contributed by atoms with Gasteiger partial charge in [0.05, 0.1) is 11.1 Å². The van der Waals surface area contributed by atoms with E-state index in [1.165, 1.54) is 18.5 Å². The lowest BCUT2D eigenvalue weighted by atomic mass is 10.2. The minimum atomic E-state index is 0.0102. The molecule has 6 heteroatoms. The molecular formula is C12H16BrN3OS. The van der Waals surface area contributed by atoms with Crippen molar-refractivity contribution in [1.82, 2.24) is 14.9 Å². The standard InChI is InChI=1S/C12H16BrN3OS/c1-16-4-5-17-8(6-16)11-14-10(7-2-3-7)9(13)12(18)15-11/h7-8H,2-6H2,1H3,(H,14,15,18). The minimum absolute atomic E-state index is 0.0102. The number of ether oxygens (including phenoxy) is 1. The van der Waals surface area contributed by atoms with Gasteiger partial charge in [-0.2, -0.15) is 0 Å². The summed E-state index contributed by atoms with van der Waals surface area (Å²) in [5, 5.41) is 0. The monoisotopic (exact) mass is 329 g/mol. The molecule has 1 aliphatic carbocycles. The van der Waals surface area contributed by atoms with Gasteiger partial charge in [-0.15, -0.1) is 0 Å². The quantitative estimate of drug-likeness (QED) is 0.847. The normalized spacial score (nSPS) is 25.3. The summed E-state index contributed by atoms with van der Waals surface area (Å²) in [6.45, 7) is 2.59. The van der Waals surface area contributed by atoms with Crippen molar-refractivity contribution in [3.63, 3.8) is 0 Å². The summed E-state index contributed by atoms with van der Waals surface area (Å²) >= 11 is 8.87. The van der Waals surface area contributed by atoms with Gasteiger partial charge in [0.25, 0.3) is 0 Å². The second-order valence-electron chi connectivity index (χ2n) is 5.05. The fourth-order valence-electron chi connectivity index (χ4n) is 2.24. The summed E-state index contributed by atoms with van der Waals surface area (Å²) < 4.78 is 7.38. The van der Waals surface area contributed by atoms with Crippen LogP contribution >= 0.6 is 28.1 Å². The number of morpholine rings is 1. The smallest absolute Gasteiger partial charge is 0.144 e. The van der Waals surface area contributed by atoms with E-state index >= 15 is 0 Å². The Kier molecular flexibility index (Phi) is 3.53. The van der Waals surface area contributed by atoms with Gasteiger partial charge in [-0.25, -0.2) is 4.98 Å². The Labute approximate surface area is 120 Å². The Balaban J connectivity index is 1.94. The van der Waals surface area contributed by atoms with Crippen molar-refractivity contribution in [1.29, 1.82) is 0 Å². The maximum Gasteiger partial charge on any atom is 0.144 e. The molecule has 0 aromatic carbocycles. The fraction of sp³-hybridized carbons (Fsp3) is 0.667. The molecule has 1 aromatic heterocycles. The van der Waals surface area contributed by atoms with Crippen molar-refractivity contribution in [2.75, 3.05) is 26.7 Å². The average Bonchev–Trinajstić information content (AvgIpc) is 3.16. The van der Waals surface area contributed by atoms with E-state index in [9.17, 15) is 0 Å². The van der Waals surface area contributed by atoms with Crippen LogP contribution in [0.25, 0.3) is 0 Å². The highest BCUT2D eigenvalue weighted by Crippen LogP contribution is 2.42. The fourth-order valence-corrected chi connectivity index (χ4v) is 2.96. The molecule has 1 saturated carbocycles. The summed E-state index contributed by atoms with van der Waals surface area (Å²) in [7, 11) is 2.10. The summed E-state index contributed by atoms with van der Waals surface area (Å²) in [5.41, 5.74) is 1.20. The number of nitrogens with one attached hydrogen (secondary N) is 1. The molecular weight excluding hydrogens is 314 g/mol. The Morgan fingerprint density at radius 2 is 2.28 bits per heavy atom. The molecule has 1 N–H and O–H groups in total. The average molecular weight is 330 g/mol. The maximum absolute atomic E-state index is 5.79. The van der Waals surface area contributed by atoms with Crippen molar-refractivity contribution in [2.45, 2.75) is 24.9 Å². The van der Waals surface area contributed by atoms with Crippen LogP contribution in [0.4, 0.5) is 0 Å². The third kappa shape index (κ3) is 2.52. The Bertz CT molecular complexity index is 515. The van der Waals surface area contributed by atoms with Gasteiger partial charge in [0.15, 0.2) is 0 Å². The van der Waals surface area contributed by atoms with Crippen LogP contribution in [-0.4, -0.2) is 41.6 Å². The van der Waals surface area contributed by atoms with Gasteiger partial charge in [-0.1, -0.05) is 12.2 Å². The number of aromatic amines is 1. The van der Waals surface area contributed by atoms with Gasteiger partial charge in [0.2, 0.25) is 0 Å². The first-order chi connectivity index (χ1) is 8.65. The lowest BCUT2D eigenvalue weighted by Gasteiger charge is -2.29. The second-order valence-corrected chi connectivity index (χ2v) is 6.23. The molecule has 3 rings (SSSR count). The first-order valence-electron chi connectivity index (χ1n) is 6.25. The Morgan fingerprint density at radius 3 is 2.94 bits per heavy atom. The predicted octanol–water partition coefficient (Wildman–Crippen LogP) is 2.78. The van der Waals surface area contributed by atoms with E-state index in [2.05, 4.69) is 37.8 Å². The molecule has 1 atom stereocenters. The zero-order valence-corrected chi connectivity index (χ0v) is 12.7. The largest absolute Gasteiger partial charge is 0.368 e. The molecule has 0 bridgehead atoms. The highest BCUT2D eigenvalue weighted by molar-refractivity contribution is 9.10. The number of nitrogens with zero attached hydrogens (tertiary/aromatic N) is 2. The van der Waals surface area contributed by atoms with Crippen LogP contribution in [0.15, 0.2) is 4.47 Å². The molecule has 4 nitrogen and oxygen atoms in total. The van der Waals surface area contributed by atoms with Crippen LogP contribution in [0.3, 0.4) is 0 Å². The number of hydrogen-bond acceptors (Lipinski definition) is 4. The lowest BCUT2D eigenvalue weighted by Crippen LogP contribution is -2.36. The van der Waals surface area contributed by atoms with Crippen LogP contribution in [0.5, 0.6) is 0 Å². The van der Waals surface area contributed by atoms with Gasteiger partial charge in [-0.05, 0) is 35.8 Å². The van der Waals surface area contributed by atoms with E-state index in [0.717, 1.165) is 30.0 Å². The van der Waals surface area contributed by atoms with E-state index in [1.807, 2.05) is 0 Å². The Hall–Kier alpha value is -0.300. The van der Waals surface area contributed by atoms with Gasteiger partial charge in [0, 0.05) is 24.7 Å². The van der Waals surface area contributed by atoms with Gasteiger partial charge >= 0.3 is 0 Å². The third-order valence-electron chi connectivity index (χ3n) is 3.47. The van der Waals surface area contributed by atoms with Crippen LogP contribution in [-0.2, 0) is 4.74 Å². The maximum atomic E-state index is 5.79. The number of H-pyrrole nitrogens is 1. The summed E-state index contributed by atoms with van der Waals surface area (Å²) in [5.74, 6) is 1.49. The molecule has 1 saturated heterocycles. The number of rotatable bonds is 2. The zero-order chi connectivity index (χ0) is 12.7. The van der Waals surface area contributed by atoms with Crippen LogP contribution in [0.2, 0.25) is 0 Å². The molecule has 98 valence electrons. The predicted molar refractivity (Wildman–Crippen MR) is 75.3 cm³/mol. The Morgan fingerprint density at radius 1 is 1.50 bits per heavy atom. The lowest BCUT2D eigenvalue weighted by molar-refractivity contribution is -0.0256. The van der Waals surface area contributed by atoms with Crippen molar-refractivity contribution >= 4 is 28.1 Å². The molecule has 18 heavy (non-hydrogen) atoms. The summed E-state index contributed by atoms with van der Waals surface area (Å²) in [6.07, 6.45) is 2.48. The molecule has 2 heterocycles. The van der Waals surface area contributed by atoms with Gasteiger partial charge in [0.1, 0.15) is 16.6 Å². The first-order valence-corrected chi connectivity index (χ1v) is 7.45. The number of likely N-dealkylation sites (N-methyl/N-ethyl adjacent to an activating group) is 1. The van der Waals surface area contributed by atoms with Gasteiger partial charge < -0.3 is 14.6 Å². The number of hydrogen-bond donors (Lipinski definition) is 1. The van der Waals surface area contributed by atoms with E-state index in [4.69, 9.17) is 17.0 Å². The highest BCUT2D eigenvalue weighted by Gasteiger charge is 2.29. The SMILES string of the molecule is CN1CCOC(c2nc(=S)c(Br)c(C3CC3)[nH]2)C1. The van der Waals surface area contributed by atoms with Crippen LogP contribution in [0, 0.1) is 4.64 Å². The van der Waals surface area contributed by atoms with E-state index < -0.39 is 0 Å². The molecule has 0 spiro atoms. The highest BCUT2D eigenvalue weighted by atomic mass is 79.9. The van der Waals surface area contributed by atoms with Gasteiger partial charge in [-0.3, -0.25) is 0 Å². The molecule has 0 amide bonds. The topological polar surface area (TPSA) is 41.1 Å².